The number of carbonyl (C=O) groups is 1. The number of fused-ring (bicyclic) bond motifs is 2. The highest BCUT2D eigenvalue weighted by Gasteiger charge is 2.20. The predicted molar refractivity (Wildman–Crippen MR) is 114 cm³/mol. The van der Waals surface area contributed by atoms with Gasteiger partial charge in [-0.05, 0) is 74.2 Å². The fourth-order valence-electron chi connectivity index (χ4n) is 3.48. The smallest absolute Gasteiger partial charge is 0.331 e. The molecule has 0 saturated carbocycles. The van der Waals surface area contributed by atoms with Gasteiger partial charge in [0.25, 0.3) is 0 Å². The van der Waals surface area contributed by atoms with Gasteiger partial charge in [0.15, 0.2) is 0 Å². The predicted octanol–water partition coefficient (Wildman–Crippen LogP) is 5.11. The minimum absolute atomic E-state index is 0.463. The van der Waals surface area contributed by atoms with Crippen LogP contribution in [0.4, 0.5) is 0 Å². The Labute approximate surface area is 165 Å². The molecule has 142 valence electrons. The standard InChI is InChI=1S/C23H27NO2S/c1-4-16(23(25)26)14-19-15-18-12-11-17-8-5-6-9-20(17)21(22(18)27-19)10-7-13-24(2)3/h5-6,8-10,14-15H,4,7,11-13H2,1-3H3,(H,25,26). The summed E-state index contributed by atoms with van der Waals surface area (Å²) in [5.74, 6) is -0.826. The van der Waals surface area contributed by atoms with Crippen molar-refractivity contribution in [3.05, 3.63) is 68.4 Å². The highest BCUT2D eigenvalue weighted by molar-refractivity contribution is 7.14. The SMILES string of the molecule is CCC(=Cc1cc2c(s1)C(=CCCN(C)C)c1ccccc1CC2)C(=O)O. The number of carboxylic acids is 1. The fourth-order valence-corrected chi connectivity index (χ4v) is 4.72. The van der Waals surface area contributed by atoms with Crippen LogP contribution in [0.25, 0.3) is 11.6 Å². The van der Waals surface area contributed by atoms with Crippen molar-refractivity contribution in [1.29, 1.82) is 0 Å². The van der Waals surface area contributed by atoms with Crippen LogP contribution in [0.3, 0.4) is 0 Å². The lowest BCUT2D eigenvalue weighted by Crippen LogP contribution is -2.12. The second kappa shape index (κ2) is 8.68. The molecule has 4 heteroatoms. The van der Waals surface area contributed by atoms with Crippen LogP contribution in [0.15, 0.2) is 42.0 Å². The van der Waals surface area contributed by atoms with Crippen molar-refractivity contribution < 1.29 is 9.90 Å². The van der Waals surface area contributed by atoms with Gasteiger partial charge in [0, 0.05) is 21.9 Å². The number of carboxylic acid groups (broad SMARTS) is 1. The summed E-state index contributed by atoms with van der Waals surface area (Å²) < 4.78 is 0. The zero-order valence-corrected chi connectivity index (χ0v) is 17.1. The second-order valence-electron chi connectivity index (χ2n) is 7.20. The van der Waals surface area contributed by atoms with Crippen molar-refractivity contribution in [1.82, 2.24) is 4.90 Å². The average molecular weight is 382 g/mol. The number of hydrogen-bond acceptors (Lipinski definition) is 3. The summed E-state index contributed by atoms with van der Waals surface area (Å²) in [6, 6.07) is 10.9. The Kier molecular flexibility index (Phi) is 6.30. The number of benzene rings is 1. The van der Waals surface area contributed by atoms with Gasteiger partial charge < -0.3 is 10.0 Å². The molecule has 2 aromatic rings. The Morgan fingerprint density at radius 2 is 1.96 bits per heavy atom. The van der Waals surface area contributed by atoms with Crippen molar-refractivity contribution in [3.63, 3.8) is 0 Å². The zero-order chi connectivity index (χ0) is 19.4. The van der Waals surface area contributed by atoms with Crippen LogP contribution < -0.4 is 0 Å². The van der Waals surface area contributed by atoms with Crippen LogP contribution in [-0.2, 0) is 17.6 Å². The summed E-state index contributed by atoms with van der Waals surface area (Å²) in [5.41, 5.74) is 5.82. The maximum Gasteiger partial charge on any atom is 0.331 e. The lowest BCUT2D eigenvalue weighted by atomic mass is 9.98. The molecule has 0 spiro atoms. The molecule has 1 aromatic carbocycles. The molecule has 0 bridgehead atoms. The van der Waals surface area contributed by atoms with E-state index in [2.05, 4.69) is 55.4 Å². The third-order valence-corrected chi connectivity index (χ3v) is 6.10. The van der Waals surface area contributed by atoms with E-state index in [-0.39, 0.29) is 0 Å². The van der Waals surface area contributed by atoms with Crippen molar-refractivity contribution in [2.75, 3.05) is 20.6 Å². The first-order valence-electron chi connectivity index (χ1n) is 9.49. The zero-order valence-electron chi connectivity index (χ0n) is 16.3. The van der Waals surface area contributed by atoms with Gasteiger partial charge in [0.05, 0.1) is 0 Å². The van der Waals surface area contributed by atoms with Gasteiger partial charge >= 0.3 is 5.97 Å². The summed E-state index contributed by atoms with van der Waals surface area (Å²) in [4.78, 5) is 15.9. The lowest BCUT2D eigenvalue weighted by Gasteiger charge is -2.11. The van der Waals surface area contributed by atoms with Crippen LogP contribution in [0.1, 0.15) is 46.2 Å². The molecule has 0 radical (unpaired) electrons. The van der Waals surface area contributed by atoms with E-state index in [4.69, 9.17) is 0 Å². The number of thiophene rings is 1. The molecule has 0 unspecified atom stereocenters. The molecule has 27 heavy (non-hydrogen) atoms. The fraction of sp³-hybridized carbons (Fsp3) is 0.348. The molecule has 3 rings (SSSR count). The molecule has 1 aliphatic carbocycles. The van der Waals surface area contributed by atoms with E-state index in [0.29, 0.717) is 12.0 Å². The molecule has 1 heterocycles. The Morgan fingerprint density at radius 3 is 2.67 bits per heavy atom. The van der Waals surface area contributed by atoms with Crippen molar-refractivity contribution in [3.8, 4) is 0 Å². The van der Waals surface area contributed by atoms with Crippen molar-refractivity contribution >= 4 is 29.0 Å². The molecule has 0 aliphatic heterocycles. The molecular weight excluding hydrogens is 354 g/mol. The Hall–Kier alpha value is -2.17. The average Bonchev–Trinajstić information content (AvgIpc) is 2.98. The molecule has 1 aliphatic rings. The largest absolute Gasteiger partial charge is 0.478 e. The number of rotatable bonds is 6. The molecule has 1 N–H and O–H groups in total. The third-order valence-electron chi connectivity index (χ3n) is 4.94. The van der Waals surface area contributed by atoms with E-state index < -0.39 is 5.97 Å². The van der Waals surface area contributed by atoms with E-state index in [1.165, 1.54) is 27.1 Å². The highest BCUT2D eigenvalue weighted by Crippen LogP contribution is 2.39. The van der Waals surface area contributed by atoms with E-state index in [1.54, 1.807) is 11.3 Å². The van der Waals surface area contributed by atoms with E-state index >= 15 is 0 Å². The van der Waals surface area contributed by atoms with E-state index in [1.807, 2.05) is 13.0 Å². The Morgan fingerprint density at radius 1 is 1.22 bits per heavy atom. The normalized spacial score (nSPS) is 15.6. The lowest BCUT2D eigenvalue weighted by molar-refractivity contribution is -0.132. The third kappa shape index (κ3) is 4.57. The molecule has 0 fully saturated rings. The van der Waals surface area contributed by atoms with Crippen LogP contribution in [-0.4, -0.2) is 36.6 Å². The van der Waals surface area contributed by atoms with Crippen LogP contribution in [0, 0.1) is 0 Å². The summed E-state index contributed by atoms with van der Waals surface area (Å²) >= 11 is 1.72. The molecule has 0 atom stereocenters. The maximum absolute atomic E-state index is 11.4. The van der Waals surface area contributed by atoms with Gasteiger partial charge in [0.1, 0.15) is 0 Å². The maximum atomic E-state index is 11.4. The van der Waals surface area contributed by atoms with Gasteiger partial charge in [-0.2, -0.15) is 0 Å². The molecule has 1 aromatic heterocycles. The van der Waals surface area contributed by atoms with Gasteiger partial charge in [-0.25, -0.2) is 4.79 Å². The second-order valence-corrected chi connectivity index (χ2v) is 8.28. The Balaban J connectivity index is 2.06. The van der Waals surface area contributed by atoms with Crippen LogP contribution in [0.2, 0.25) is 0 Å². The van der Waals surface area contributed by atoms with Gasteiger partial charge in [-0.15, -0.1) is 11.3 Å². The molecule has 0 saturated heterocycles. The van der Waals surface area contributed by atoms with Crippen molar-refractivity contribution in [2.45, 2.75) is 32.6 Å². The molecule has 0 amide bonds. The number of aryl methyl sites for hydroxylation is 2. The Bertz CT molecular complexity index is 890. The first-order valence-corrected chi connectivity index (χ1v) is 10.3. The first-order chi connectivity index (χ1) is 13.0. The quantitative estimate of drug-likeness (QED) is 0.707. The molecule has 3 nitrogen and oxygen atoms in total. The molecular formula is C23H27NO2S. The van der Waals surface area contributed by atoms with Crippen LogP contribution >= 0.6 is 11.3 Å². The van der Waals surface area contributed by atoms with E-state index in [9.17, 15) is 9.90 Å². The number of nitrogens with zero attached hydrogens (tertiary/aromatic N) is 1. The monoisotopic (exact) mass is 381 g/mol. The highest BCUT2D eigenvalue weighted by atomic mass is 32.1. The first kappa shape index (κ1) is 19.6. The summed E-state index contributed by atoms with van der Waals surface area (Å²) in [7, 11) is 4.19. The van der Waals surface area contributed by atoms with Crippen LogP contribution in [0.5, 0.6) is 0 Å². The van der Waals surface area contributed by atoms with Gasteiger partial charge in [-0.3, -0.25) is 0 Å². The summed E-state index contributed by atoms with van der Waals surface area (Å²) in [5, 5.41) is 9.35. The topological polar surface area (TPSA) is 40.5 Å². The van der Waals surface area contributed by atoms with Crippen molar-refractivity contribution in [2.24, 2.45) is 0 Å². The minimum atomic E-state index is -0.826. The number of aliphatic carboxylic acids is 1. The van der Waals surface area contributed by atoms with Gasteiger partial charge in [-0.1, -0.05) is 37.3 Å². The summed E-state index contributed by atoms with van der Waals surface area (Å²) in [6.07, 6.45) is 7.74. The number of hydrogen-bond donors (Lipinski definition) is 1. The van der Waals surface area contributed by atoms with E-state index in [0.717, 1.165) is 30.7 Å². The summed E-state index contributed by atoms with van der Waals surface area (Å²) in [6.45, 7) is 2.90. The minimum Gasteiger partial charge on any atom is -0.478 e. The van der Waals surface area contributed by atoms with Gasteiger partial charge in [0.2, 0.25) is 0 Å².